The maximum atomic E-state index is 13.1. The van der Waals surface area contributed by atoms with Crippen LogP contribution in [-0.4, -0.2) is 38.8 Å². The van der Waals surface area contributed by atoms with E-state index in [0.29, 0.717) is 19.3 Å². The number of carboxylic acid groups (broad SMARTS) is 1. The van der Waals surface area contributed by atoms with Gasteiger partial charge in [-0.05, 0) is 85.9 Å². The molecular formula is C30H46O5. The SMILES string of the molecule is C[C@@H]1CC[C@]2(C(=O)O)CC[C@]3(C)C(=CC[C@@H]4[C@@]5(C)CC(=O)[C@H](O)C(C)(C)[C@@H]5CC[C@]43C)[C@@H]2[C@]1(C)O. The van der Waals surface area contributed by atoms with E-state index in [2.05, 4.69) is 47.6 Å². The average molecular weight is 487 g/mol. The molecule has 5 heteroatoms. The Balaban J connectivity index is 1.65. The number of aliphatic hydroxyl groups excluding tert-OH is 1. The van der Waals surface area contributed by atoms with Gasteiger partial charge >= 0.3 is 5.97 Å². The molecule has 0 radical (unpaired) electrons. The molecule has 5 aliphatic carbocycles. The second kappa shape index (κ2) is 7.22. The Morgan fingerprint density at radius 2 is 1.63 bits per heavy atom. The normalized spacial score (nSPS) is 55.1. The third-order valence-corrected chi connectivity index (χ3v) is 13.2. The third-order valence-electron chi connectivity index (χ3n) is 13.2. The molecule has 0 amide bonds. The maximum Gasteiger partial charge on any atom is 0.310 e. The highest BCUT2D eigenvalue weighted by Gasteiger charge is 2.71. The van der Waals surface area contributed by atoms with Gasteiger partial charge in [-0.2, -0.15) is 0 Å². The molecule has 0 bridgehead atoms. The lowest BCUT2D eigenvalue weighted by Crippen LogP contribution is -2.68. The van der Waals surface area contributed by atoms with Crippen LogP contribution in [0.25, 0.3) is 0 Å². The molecule has 0 saturated heterocycles. The Morgan fingerprint density at radius 1 is 0.971 bits per heavy atom. The number of fused-ring (bicyclic) bond motifs is 7. The molecule has 4 fully saturated rings. The van der Waals surface area contributed by atoms with Gasteiger partial charge in [0.1, 0.15) is 6.10 Å². The van der Waals surface area contributed by atoms with Crippen LogP contribution in [0.15, 0.2) is 11.6 Å². The Bertz CT molecular complexity index is 995. The van der Waals surface area contributed by atoms with Crippen LogP contribution in [0.5, 0.6) is 0 Å². The summed E-state index contributed by atoms with van der Waals surface area (Å²) >= 11 is 0. The van der Waals surface area contributed by atoms with Gasteiger partial charge in [-0.3, -0.25) is 9.59 Å². The molecule has 196 valence electrons. The molecule has 0 aromatic carbocycles. The van der Waals surface area contributed by atoms with E-state index < -0.39 is 28.5 Å². The molecule has 0 heterocycles. The van der Waals surface area contributed by atoms with Gasteiger partial charge in [0, 0.05) is 17.8 Å². The second-order valence-electron chi connectivity index (χ2n) is 14.7. The Labute approximate surface area is 210 Å². The molecule has 3 N–H and O–H groups in total. The molecule has 0 aromatic rings. The zero-order valence-corrected chi connectivity index (χ0v) is 22.8. The molecule has 4 saturated carbocycles. The number of Topliss-reactive ketones (excluding diaryl/α,β-unsaturated/α-hetero) is 1. The van der Waals surface area contributed by atoms with Crippen LogP contribution in [-0.2, 0) is 9.59 Å². The van der Waals surface area contributed by atoms with Crippen LogP contribution < -0.4 is 0 Å². The Kier molecular flexibility index (Phi) is 5.25. The van der Waals surface area contributed by atoms with Gasteiger partial charge in [0.25, 0.3) is 0 Å². The monoisotopic (exact) mass is 486 g/mol. The first-order valence-electron chi connectivity index (χ1n) is 13.9. The lowest BCUT2D eigenvalue weighted by atomic mass is 9.33. The fraction of sp³-hybridized carbons (Fsp3) is 0.867. The highest BCUT2D eigenvalue weighted by Crippen LogP contribution is 2.75. The standard InChI is InChI=1S/C30H46O5/c1-17-10-13-30(24(33)34)15-14-27(5)18(22(30)29(17,7)35)8-9-21-26(4)16-19(31)23(32)25(2,3)20(26)11-12-28(21,27)6/h8,17,20-23,32,35H,9-16H2,1-7H3,(H,33,34)/t17-,20+,21-,22-,23+,26+,27-,28-,29-,30+/m1/s1. The van der Waals surface area contributed by atoms with Crippen molar-refractivity contribution in [3.05, 3.63) is 11.6 Å². The number of carboxylic acids is 1. The minimum absolute atomic E-state index is 0.0319. The van der Waals surface area contributed by atoms with Crippen LogP contribution in [0.1, 0.15) is 99.8 Å². The number of hydrogen-bond donors (Lipinski definition) is 3. The number of ketones is 1. The fourth-order valence-electron chi connectivity index (χ4n) is 10.8. The minimum Gasteiger partial charge on any atom is -0.481 e. The summed E-state index contributed by atoms with van der Waals surface area (Å²) < 4.78 is 0. The van der Waals surface area contributed by atoms with E-state index in [4.69, 9.17) is 0 Å². The molecule has 5 aliphatic rings. The lowest BCUT2D eigenvalue weighted by Gasteiger charge is -2.71. The summed E-state index contributed by atoms with van der Waals surface area (Å²) in [5.74, 6) is -0.588. The molecule has 5 rings (SSSR count). The van der Waals surface area contributed by atoms with Crippen LogP contribution in [0, 0.1) is 50.7 Å². The number of carbonyl (C=O) groups is 2. The van der Waals surface area contributed by atoms with Gasteiger partial charge in [0.05, 0.1) is 11.0 Å². The van der Waals surface area contributed by atoms with Gasteiger partial charge < -0.3 is 15.3 Å². The first-order valence-corrected chi connectivity index (χ1v) is 13.9. The highest BCUT2D eigenvalue weighted by atomic mass is 16.4. The van der Waals surface area contributed by atoms with Crippen LogP contribution >= 0.6 is 0 Å². The van der Waals surface area contributed by atoms with Crippen LogP contribution in [0.3, 0.4) is 0 Å². The summed E-state index contributed by atoms with van der Waals surface area (Å²) in [6.45, 7) is 15.1. The van der Waals surface area contributed by atoms with Gasteiger partial charge in [-0.1, -0.05) is 53.2 Å². The minimum atomic E-state index is -1.07. The Morgan fingerprint density at radius 3 is 2.26 bits per heavy atom. The van der Waals surface area contributed by atoms with Crippen molar-refractivity contribution < 1.29 is 24.9 Å². The van der Waals surface area contributed by atoms with E-state index >= 15 is 0 Å². The first-order chi connectivity index (χ1) is 16.0. The van der Waals surface area contributed by atoms with Crippen molar-refractivity contribution in [2.75, 3.05) is 0 Å². The van der Waals surface area contributed by atoms with Crippen molar-refractivity contribution in [3.63, 3.8) is 0 Å². The number of aliphatic carboxylic acids is 1. The summed E-state index contributed by atoms with van der Waals surface area (Å²) in [4.78, 5) is 25.9. The van der Waals surface area contributed by atoms with Crippen molar-refractivity contribution in [1.82, 2.24) is 0 Å². The summed E-state index contributed by atoms with van der Waals surface area (Å²) in [7, 11) is 0. The van der Waals surface area contributed by atoms with E-state index in [1.807, 2.05) is 6.92 Å². The van der Waals surface area contributed by atoms with Crippen LogP contribution in [0.2, 0.25) is 0 Å². The quantitative estimate of drug-likeness (QED) is 0.432. The summed E-state index contributed by atoms with van der Waals surface area (Å²) in [6.07, 6.45) is 7.35. The third kappa shape index (κ3) is 2.83. The molecule has 0 aliphatic heterocycles. The predicted octanol–water partition coefficient (Wildman–Crippen LogP) is 5.38. The predicted molar refractivity (Wildman–Crippen MR) is 134 cm³/mol. The van der Waals surface area contributed by atoms with Gasteiger partial charge in [0.15, 0.2) is 5.78 Å². The van der Waals surface area contributed by atoms with Crippen LogP contribution in [0.4, 0.5) is 0 Å². The smallest absolute Gasteiger partial charge is 0.310 e. The molecule has 10 atom stereocenters. The number of carbonyl (C=O) groups excluding carboxylic acids is 1. The van der Waals surface area contributed by atoms with E-state index in [-0.39, 0.29) is 45.7 Å². The highest BCUT2D eigenvalue weighted by molar-refractivity contribution is 5.85. The van der Waals surface area contributed by atoms with Crippen molar-refractivity contribution in [3.8, 4) is 0 Å². The van der Waals surface area contributed by atoms with Crippen molar-refractivity contribution in [2.45, 2.75) is 112 Å². The summed E-state index contributed by atoms with van der Waals surface area (Å²) in [6, 6.07) is 0. The van der Waals surface area contributed by atoms with Gasteiger partial charge in [0.2, 0.25) is 0 Å². The Hall–Kier alpha value is -1.20. The van der Waals surface area contributed by atoms with Gasteiger partial charge in [-0.15, -0.1) is 0 Å². The molecule has 35 heavy (non-hydrogen) atoms. The topological polar surface area (TPSA) is 94.8 Å². The first kappa shape index (κ1) is 25.4. The van der Waals surface area contributed by atoms with Crippen molar-refractivity contribution >= 4 is 11.8 Å². The van der Waals surface area contributed by atoms with E-state index in [1.165, 1.54) is 5.57 Å². The average Bonchev–Trinajstić information content (AvgIpc) is 2.75. The number of hydrogen-bond acceptors (Lipinski definition) is 4. The largest absolute Gasteiger partial charge is 0.481 e. The maximum absolute atomic E-state index is 13.1. The van der Waals surface area contributed by atoms with Gasteiger partial charge in [-0.25, -0.2) is 0 Å². The van der Waals surface area contributed by atoms with Crippen molar-refractivity contribution in [2.24, 2.45) is 50.7 Å². The molecule has 0 spiro atoms. The summed E-state index contributed by atoms with van der Waals surface area (Å²) in [5, 5.41) is 33.2. The fourth-order valence-corrected chi connectivity index (χ4v) is 10.8. The lowest BCUT2D eigenvalue weighted by molar-refractivity contribution is -0.215. The molecule has 0 unspecified atom stereocenters. The second-order valence-corrected chi connectivity index (χ2v) is 14.7. The van der Waals surface area contributed by atoms with E-state index in [0.717, 1.165) is 32.1 Å². The number of rotatable bonds is 1. The number of allylic oxidation sites excluding steroid dienone is 1. The van der Waals surface area contributed by atoms with Crippen molar-refractivity contribution in [1.29, 1.82) is 0 Å². The summed E-state index contributed by atoms with van der Waals surface area (Å²) in [5.41, 5.74) is -1.78. The zero-order chi connectivity index (χ0) is 26.0. The van der Waals surface area contributed by atoms with E-state index in [1.54, 1.807) is 0 Å². The zero-order valence-electron chi connectivity index (χ0n) is 22.8. The molecule has 5 nitrogen and oxygen atoms in total. The molecule has 0 aromatic heterocycles. The molecular weight excluding hydrogens is 440 g/mol. The van der Waals surface area contributed by atoms with E-state index in [9.17, 15) is 24.9 Å². The number of aliphatic hydroxyl groups is 2.